The molecule has 3 atom stereocenters. The number of carboxylic acid groups (broad SMARTS) is 1. The van der Waals surface area contributed by atoms with Crippen molar-refractivity contribution in [2.75, 3.05) is 19.8 Å². The largest absolute Gasteiger partial charge is 0.480 e. The van der Waals surface area contributed by atoms with Crippen LogP contribution in [0, 0.1) is 0 Å². The summed E-state index contributed by atoms with van der Waals surface area (Å²) < 4.78 is 31.7. The molecule has 210 valence electrons. The van der Waals surface area contributed by atoms with Crippen molar-refractivity contribution < 1.29 is 47.5 Å². The Morgan fingerprint density at radius 1 is 0.833 bits per heavy atom. The van der Waals surface area contributed by atoms with Crippen LogP contribution in [-0.2, 0) is 37.5 Å². The Labute approximate surface area is 214 Å². The fraction of sp³-hybridized carbons (Fsp3) is 0.792. The van der Waals surface area contributed by atoms with Crippen molar-refractivity contribution in [2.45, 2.75) is 103 Å². The Bertz CT molecular complexity index is 700. The molecule has 0 aromatic heterocycles. The third-order valence-electron chi connectivity index (χ3n) is 4.99. The summed E-state index contributed by atoms with van der Waals surface area (Å²) in [7, 11) is -4.67. The zero-order valence-corrected chi connectivity index (χ0v) is 22.5. The first-order chi connectivity index (χ1) is 17.1. The highest BCUT2D eigenvalue weighted by Crippen LogP contribution is 2.43. The number of ether oxygens (including phenoxy) is 2. The van der Waals surface area contributed by atoms with Crippen LogP contribution in [0.25, 0.3) is 0 Å². The molecule has 0 aromatic rings. The Morgan fingerprint density at radius 3 is 2.11 bits per heavy atom. The maximum Gasteiger partial charge on any atom is 0.472 e. The molecule has 0 aromatic carbocycles. The molecule has 0 aliphatic carbocycles. The monoisotopic (exact) mass is 537 g/mol. The van der Waals surface area contributed by atoms with Crippen LogP contribution in [0.2, 0.25) is 0 Å². The van der Waals surface area contributed by atoms with E-state index in [1.165, 1.54) is 0 Å². The summed E-state index contributed by atoms with van der Waals surface area (Å²) in [6, 6.07) is -1.51. The van der Waals surface area contributed by atoms with Gasteiger partial charge in [0, 0.05) is 12.8 Å². The Kier molecular flexibility index (Phi) is 20.3. The first-order valence-corrected chi connectivity index (χ1v) is 14.2. The number of phosphoric ester groups is 1. The molecular weight excluding hydrogens is 493 g/mol. The van der Waals surface area contributed by atoms with E-state index < -0.39 is 51.1 Å². The summed E-state index contributed by atoms with van der Waals surface area (Å²) in [6.45, 7) is 2.37. The minimum absolute atomic E-state index is 0.150. The molecule has 0 aliphatic rings. The summed E-state index contributed by atoms with van der Waals surface area (Å²) in [5, 5.41) is 8.72. The van der Waals surface area contributed by atoms with Gasteiger partial charge in [0.25, 0.3) is 0 Å². The Hall–Kier alpha value is -1.78. The van der Waals surface area contributed by atoms with Crippen LogP contribution in [0.15, 0.2) is 12.2 Å². The summed E-state index contributed by atoms with van der Waals surface area (Å²) in [5.41, 5.74) is 5.23. The topological polar surface area (TPSA) is 172 Å². The third kappa shape index (κ3) is 20.4. The first kappa shape index (κ1) is 34.2. The minimum atomic E-state index is -4.67. The van der Waals surface area contributed by atoms with Crippen molar-refractivity contribution >= 4 is 25.7 Å². The van der Waals surface area contributed by atoms with Crippen LogP contribution in [0.5, 0.6) is 0 Å². The number of carbonyl (C=O) groups is 3. The molecule has 0 saturated heterocycles. The van der Waals surface area contributed by atoms with Gasteiger partial charge in [-0.1, -0.05) is 58.1 Å². The summed E-state index contributed by atoms with van der Waals surface area (Å²) in [4.78, 5) is 44.5. The number of phosphoric acid groups is 1. The number of hydrogen-bond donors (Lipinski definition) is 3. The summed E-state index contributed by atoms with van der Waals surface area (Å²) >= 11 is 0. The second kappa shape index (κ2) is 21.3. The van der Waals surface area contributed by atoms with Gasteiger partial charge in [-0.05, 0) is 32.1 Å². The Morgan fingerprint density at radius 2 is 1.44 bits per heavy atom. The third-order valence-corrected chi connectivity index (χ3v) is 5.95. The van der Waals surface area contributed by atoms with Crippen LogP contribution in [-0.4, -0.2) is 59.9 Å². The minimum Gasteiger partial charge on any atom is -0.480 e. The number of unbranched alkanes of at least 4 members (excludes halogenated alkanes) is 7. The van der Waals surface area contributed by atoms with Gasteiger partial charge in [-0.25, -0.2) is 4.57 Å². The van der Waals surface area contributed by atoms with Gasteiger partial charge in [0.2, 0.25) is 0 Å². The average Bonchev–Trinajstić information content (AvgIpc) is 2.83. The number of aliphatic carboxylic acids is 1. The lowest BCUT2D eigenvalue weighted by Crippen LogP contribution is -2.34. The number of allylic oxidation sites excluding steroid dienone is 2. The zero-order chi connectivity index (χ0) is 27.2. The van der Waals surface area contributed by atoms with Gasteiger partial charge in [-0.2, -0.15) is 0 Å². The van der Waals surface area contributed by atoms with E-state index in [1.807, 2.05) is 6.92 Å². The van der Waals surface area contributed by atoms with Crippen LogP contribution in [0.4, 0.5) is 0 Å². The molecule has 4 N–H and O–H groups in total. The quantitative estimate of drug-likeness (QED) is 0.0735. The standard InChI is InChI=1S/C24H44NO10P/c1-3-5-7-8-9-10-11-12-13-14-16-23(27)35-20(17-32-22(26)15-6-4-2)18-33-36(30,31)34-19-21(25)24(28)29/h7-8,20-21H,3-6,9-19,25H2,1-2H3,(H,28,29)(H,30,31)/b8-7-. The fourth-order valence-electron chi connectivity index (χ4n) is 2.86. The van der Waals surface area contributed by atoms with Gasteiger partial charge in [0.05, 0.1) is 13.2 Å². The van der Waals surface area contributed by atoms with Crippen LogP contribution >= 0.6 is 7.82 Å². The molecular formula is C24H44NO10P. The maximum atomic E-state index is 12.2. The molecule has 0 saturated carbocycles. The average molecular weight is 538 g/mol. The van der Waals surface area contributed by atoms with Crippen molar-refractivity contribution in [1.82, 2.24) is 0 Å². The van der Waals surface area contributed by atoms with E-state index in [9.17, 15) is 23.8 Å². The molecule has 3 unspecified atom stereocenters. The second-order valence-corrected chi connectivity index (χ2v) is 9.92. The van der Waals surface area contributed by atoms with Crippen molar-refractivity contribution in [2.24, 2.45) is 5.73 Å². The molecule has 0 radical (unpaired) electrons. The SMILES string of the molecule is CCC/C=C\CCCCCCCC(=O)OC(COC(=O)CCCC)COP(=O)(O)OCC(N)C(=O)O. The molecule has 0 bridgehead atoms. The molecule has 0 heterocycles. The second-order valence-electron chi connectivity index (χ2n) is 8.47. The highest BCUT2D eigenvalue weighted by molar-refractivity contribution is 7.47. The van der Waals surface area contributed by atoms with E-state index in [2.05, 4.69) is 23.6 Å². The predicted octanol–water partition coefficient (Wildman–Crippen LogP) is 4.26. The molecule has 0 spiro atoms. The van der Waals surface area contributed by atoms with E-state index in [4.69, 9.17) is 24.8 Å². The van der Waals surface area contributed by atoms with Crippen molar-refractivity contribution in [1.29, 1.82) is 0 Å². The number of rotatable bonds is 23. The van der Waals surface area contributed by atoms with Crippen molar-refractivity contribution in [3.63, 3.8) is 0 Å². The highest BCUT2D eigenvalue weighted by Gasteiger charge is 2.28. The molecule has 36 heavy (non-hydrogen) atoms. The number of esters is 2. The van der Waals surface area contributed by atoms with Gasteiger partial charge in [-0.3, -0.25) is 23.4 Å². The van der Waals surface area contributed by atoms with Gasteiger partial charge < -0.3 is 25.2 Å². The van der Waals surface area contributed by atoms with Gasteiger partial charge in [0.15, 0.2) is 6.10 Å². The summed E-state index contributed by atoms with van der Waals surface area (Å²) in [6.07, 6.45) is 13.0. The van der Waals surface area contributed by atoms with E-state index in [0.717, 1.165) is 51.4 Å². The molecule has 0 fully saturated rings. The van der Waals surface area contributed by atoms with Gasteiger partial charge >= 0.3 is 25.7 Å². The van der Waals surface area contributed by atoms with Crippen molar-refractivity contribution in [3.05, 3.63) is 12.2 Å². The van der Waals surface area contributed by atoms with Crippen LogP contribution < -0.4 is 5.73 Å². The van der Waals surface area contributed by atoms with E-state index in [1.54, 1.807) is 0 Å². The fourth-order valence-corrected chi connectivity index (χ4v) is 3.64. The number of nitrogens with two attached hydrogens (primary N) is 1. The summed E-state index contributed by atoms with van der Waals surface area (Å²) in [5.74, 6) is -2.44. The predicted molar refractivity (Wildman–Crippen MR) is 134 cm³/mol. The van der Waals surface area contributed by atoms with Gasteiger partial charge in [0.1, 0.15) is 12.6 Å². The molecule has 0 rings (SSSR count). The van der Waals surface area contributed by atoms with Crippen molar-refractivity contribution in [3.8, 4) is 0 Å². The lowest BCUT2D eigenvalue weighted by Gasteiger charge is -2.20. The maximum absolute atomic E-state index is 12.2. The first-order valence-electron chi connectivity index (χ1n) is 12.7. The molecule has 11 nitrogen and oxygen atoms in total. The van der Waals surface area contributed by atoms with E-state index in [-0.39, 0.29) is 19.4 Å². The van der Waals surface area contributed by atoms with Gasteiger partial charge in [-0.15, -0.1) is 0 Å². The number of carboxylic acids is 1. The highest BCUT2D eigenvalue weighted by atomic mass is 31.2. The smallest absolute Gasteiger partial charge is 0.472 e. The Balaban J connectivity index is 4.51. The lowest BCUT2D eigenvalue weighted by molar-refractivity contribution is -0.161. The molecule has 0 amide bonds. The van der Waals surface area contributed by atoms with Crippen LogP contribution in [0.1, 0.15) is 90.9 Å². The number of carbonyl (C=O) groups excluding carboxylic acids is 2. The van der Waals surface area contributed by atoms with Crippen LogP contribution in [0.3, 0.4) is 0 Å². The lowest BCUT2D eigenvalue weighted by atomic mass is 10.1. The number of hydrogen-bond acceptors (Lipinski definition) is 9. The normalized spacial score (nSPS) is 14.8. The zero-order valence-electron chi connectivity index (χ0n) is 21.6. The van der Waals surface area contributed by atoms with E-state index >= 15 is 0 Å². The molecule has 12 heteroatoms. The van der Waals surface area contributed by atoms with E-state index in [0.29, 0.717) is 12.8 Å². The molecule has 0 aliphatic heterocycles.